The maximum absolute atomic E-state index is 14.0. The highest BCUT2D eigenvalue weighted by atomic mass is 19.1. The molecule has 0 spiro atoms. The van der Waals surface area contributed by atoms with Crippen LogP contribution in [0.5, 0.6) is 11.5 Å². The monoisotopic (exact) mass is 534 g/mol. The Morgan fingerprint density at radius 3 is 2.73 bits per heavy atom. The number of phenols is 1. The number of aromatic hydroxyl groups is 1. The minimum Gasteiger partial charge on any atom is -0.508 e. The van der Waals surface area contributed by atoms with Crippen molar-refractivity contribution in [2.24, 2.45) is 0 Å². The lowest BCUT2D eigenvalue weighted by atomic mass is 10.0. The van der Waals surface area contributed by atoms with Gasteiger partial charge in [-0.2, -0.15) is 5.10 Å². The standard InChI is InChI=1S/C31H27FN6O2/c32-21-12-19(13-22(39)15-21)24-4-3-5-27-25(24)16-29(34-27)31-30-28(36-37-31)7-6-26(35-30)20-14-23(18-33-17-20)40-11-10-38-8-1-2-9-38/h3-7,12-18,34,39H,1-2,8-11H2,(H,36,37). The molecule has 4 aromatic heterocycles. The summed E-state index contributed by atoms with van der Waals surface area (Å²) >= 11 is 0. The summed E-state index contributed by atoms with van der Waals surface area (Å²) in [6.07, 6.45) is 6.04. The lowest BCUT2D eigenvalue weighted by Crippen LogP contribution is -2.25. The first-order valence-electron chi connectivity index (χ1n) is 13.4. The molecule has 0 unspecified atom stereocenters. The topological polar surface area (TPSA) is 103 Å². The number of likely N-dealkylation sites (tertiary alicyclic amines) is 1. The normalized spacial score (nSPS) is 13.9. The highest BCUT2D eigenvalue weighted by molar-refractivity contribution is 6.00. The second kappa shape index (κ2) is 10.1. The van der Waals surface area contributed by atoms with Gasteiger partial charge in [-0.1, -0.05) is 12.1 Å². The Hall–Kier alpha value is -4.76. The number of nitrogens with zero attached hydrogens (tertiary/aromatic N) is 4. The van der Waals surface area contributed by atoms with Crippen LogP contribution in [0, 0.1) is 5.82 Å². The zero-order valence-electron chi connectivity index (χ0n) is 21.7. The van der Waals surface area contributed by atoms with E-state index >= 15 is 0 Å². The third-order valence-corrected chi connectivity index (χ3v) is 7.40. The molecule has 2 aromatic carbocycles. The van der Waals surface area contributed by atoms with Crippen LogP contribution in [0.3, 0.4) is 0 Å². The van der Waals surface area contributed by atoms with Crippen molar-refractivity contribution in [2.75, 3.05) is 26.2 Å². The van der Waals surface area contributed by atoms with Crippen molar-refractivity contribution in [2.45, 2.75) is 12.8 Å². The lowest BCUT2D eigenvalue weighted by molar-refractivity contribution is 0.237. The molecule has 40 heavy (non-hydrogen) atoms. The summed E-state index contributed by atoms with van der Waals surface area (Å²) in [5, 5.41) is 18.5. The van der Waals surface area contributed by atoms with Gasteiger partial charge in [0.05, 0.1) is 23.1 Å². The van der Waals surface area contributed by atoms with Gasteiger partial charge in [-0.3, -0.25) is 15.0 Å². The van der Waals surface area contributed by atoms with Gasteiger partial charge >= 0.3 is 0 Å². The third kappa shape index (κ3) is 4.65. The minimum atomic E-state index is -0.492. The van der Waals surface area contributed by atoms with Crippen LogP contribution >= 0.6 is 0 Å². The van der Waals surface area contributed by atoms with Crippen molar-refractivity contribution in [3.05, 3.63) is 78.9 Å². The molecule has 1 fully saturated rings. The first kappa shape index (κ1) is 24.3. The third-order valence-electron chi connectivity index (χ3n) is 7.40. The summed E-state index contributed by atoms with van der Waals surface area (Å²) in [7, 11) is 0. The van der Waals surface area contributed by atoms with E-state index in [-0.39, 0.29) is 5.75 Å². The molecule has 9 heteroatoms. The molecule has 0 saturated carbocycles. The van der Waals surface area contributed by atoms with Crippen molar-refractivity contribution in [3.63, 3.8) is 0 Å². The molecule has 5 heterocycles. The Labute approximate surface area is 229 Å². The molecule has 8 nitrogen and oxygen atoms in total. The Morgan fingerprint density at radius 2 is 1.85 bits per heavy atom. The average molecular weight is 535 g/mol. The zero-order valence-corrected chi connectivity index (χ0v) is 21.7. The Bertz CT molecular complexity index is 1820. The van der Waals surface area contributed by atoms with E-state index in [1.165, 1.54) is 18.9 Å². The number of ether oxygens (including phenoxy) is 1. The van der Waals surface area contributed by atoms with Crippen LogP contribution in [0.15, 0.2) is 73.1 Å². The molecule has 0 aliphatic carbocycles. The molecular formula is C31H27FN6O2. The number of hydrogen-bond acceptors (Lipinski definition) is 6. The number of aromatic nitrogens is 5. The van der Waals surface area contributed by atoms with E-state index in [0.29, 0.717) is 17.9 Å². The minimum absolute atomic E-state index is 0.117. The molecule has 200 valence electrons. The number of nitrogens with one attached hydrogen (secondary N) is 2. The van der Waals surface area contributed by atoms with Crippen LogP contribution in [0.2, 0.25) is 0 Å². The first-order chi connectivity index (χ1) is 19.6. The van der Waals surface area contributed by atoms with Gasteiger partial charge in [-0.15, -0.1) is 0 Å². The van der Waals surface area contributed by atoms with Gasteiger partial charge in [-0.05, 0) is 79.5 Å². The predicted octanol–water partition coefficient (Wildman–Crippen LogP) is 6.15. The predicted molar refractivity (Wildman–Crippen MR) is 153 cm³/mol. The Balaban J connectivity index is 1.21. The highest BCUT2D eigenvalue weighted by Crippen LogP contribution is 2.35. The molecule has 1 aliphatic heterocycles. The van der Waals surface area contributed by atoms with Crippen molar-refractivity contribution in [1.82, 2.24) is 30.0 Å². The fourth-order valence-corrected chi connectivity index (χ4v) is 5.45. The number of pyridine rings is 2. The number of phenolic OH excluding ortho intramolecular Hbond substituents is 1. The number of halogens is 1. The van der Waals surface area contributed by atoms with Gasteiger partial charge < -0.3 is 14.8 Å². The van der Waals surface area contributed by atoms with E-state index in [1.807, 2.05) is 42.5 Å². The van der Waals surface area contributed by atoms with Gasteiger partial charge in [-0.25, -0.2) is 9.37 Å². The van der Waals surface area contributed by atoms with E-state index in [2.05, 4.69) is 25.1 Å². The molecule has 1 aliphatic rings. The van der Waals surface area contributed by atoms with Crippen molar-refractivity contribution < 1.29 is 14.2 Å². The van der Waals surface area contributed by atoms with Crippen LogP contribution in [-0.2, 0) is 0 Å². The SMILES string of the molecule is Oc1cc(F)cc(-c2cccc3[nH]c(-c4n[nH]c5ccc(-c6cncc(OCCN7CCCC7)c6)nc45)cc23)c1. The Kier molecular flexibility index (Phi) is 6.13. The highest BCUT2D eigenvalue weighted by Gasteiger charge is 2.16. The molecule has 0 radical (unpaired) electrons. The van der Waals surface area contributed by atoms with E-state index in [4.69, 9.17) is 9.72 Å². The summed E-state index contributed by atoms with van der Waals surface area (Å²) in [5.41, 5.74) is 6.85. The fourth-order valence-electron chi connectivity index (χ4n) is 5.45. The van der Waals surface area contributed by atoms with Crippen LogP contribution < -0.4 is 4.74 Å². The van der Waals surface area contributed by atoms with Gasteiger partial charge in [0, 0.05) is 35.3 Å². The number of benzene rings is 2. The molecule has 3 N–H and O–H groups in total. The summed E-state index contributed by atoms with van der Waals surface area (Å²) in [4.78, 5) is 15.2. The largest absolute Gasteiger partial charge is 0.508 e. The van der Waals surface area contributed by atoms with Gasteiger partial charge in [0.15, 0.2) is 0 Å². The Morgan fingerprint density at radius 1 is 0.950 bits per heavy atom. The van der Waals surface area contributed by atoms with Crippen molar-refractivity contribution in [1.29, 1.82) is 0 Å². The molecule has 0 atom stereocenters. The van der Waals surface area contributed by atoms with Crippen LogP contribution in [0.4, 0.5) is 4.39 Å². The number of hydrogen-bond donors (Lipinski definition) is 3. The van der Waals surface area contributed by atoms with E-state index in [9.17, 15) is 9.50 Å². The lowest BCUT2D eigenvalue weighted by Gasteiger charge is -2.15. The van der Waals surface area contributed by atoms with Crippen molar-refractivity contribution in [3.8, 4) is 45.3 Å². The van der Waals surface area contributed by atoms with Gasteiger partial charge in [0.25, 0.3) is 0 Å². The molecule has 0 bridgehead atoms. The molecule has 6 aromatic rings. The summed E-state index contributed by atoms with van der Waals surface area (Å²) in [5.74, 6) is 0.110. The number of fused-ring (bicyclic) bond motifs is 2. The fraction of sp³-hybridized carbons (Fsp3) is 0.194. The average Bonchev–Trinajstić information content (AvgIpc) is 3.71. The molecular weight excluding hydrogens is 507 g/mol. The van der Waals surface area contributed by atoms with E-state index < -0.39 is 5.82 Å². The second-order valence-electron chi connectivity index (χ2n) is 10.1. The van der Waals surface area contributed by atoms with Gasteiger partial charge in [0.2, 0.25) is 0 Å². The summed E-state index contributed by atoms with van der Waals surface area (Å²) < 4.78 is 20.0. The summed E-state index contributed by atoms with van der Waals surface area (Å²) in [6, 6.07) is 17.7. The van der Waals surface area contributed by atoms with Crippen molar-refractivity contribution >= 4 is 21.9 Å². The summed E-state index contributed by atoms with van der Waals surface area (Å²) in [6.45, 7) is 3.83. The first-order valence-corrected chi connectivity index (χ1v) is 13.4. The zero-order chi connectivity index (χ0) is 27.1. The molecule has 1 saturated heterocycles. The number of H-pyrrole nitrogens is 2. The number of aromatic amines is 2. The molecule has 0 amide bonds. The smallest absolute Gasteiger partial charge is 0.138 e. The van der Waals surface area contributed by atoms with E-state index in [0.717, 1.165) is 75.9 Å². The van der Waals surface area contributed by atoms with Gasteiger partial charge in [0.1, 0.15) is 35.1 Å². The van der Waals surface area contributed by atoms with Crippen LogP contribution in [0.25, 0.3) is 55.7 Å². The second-order valence-corrected chi connectivity index (χ2v) is 10.1. The van der Waals surface area contributed by atoms with Crippen LogP contribution in [0.1, 0.15) is 12.8 Å². The quantitative estimate of drug-likeness (QED) is 0.227. The number of rotatable bonds is 7. The van der Waals surface area contributed by atoms with Crippen LogP contribution in [-0.4, -0.2) is 61.4 Å². The maximum atomic E-state index is 14.0. The van der Waals surface area contributed by atoms with E-state index in [1.54, 1.807) is 18.5 Å². The molecule has 7 rings (SSSR count). The maximum Gasteiger partial charge on any atom is 0.138 e.